The lowest BCUT2D eigenvalue weighted by molar-refractivity contribution is -0.0153. The summed E-state index contributed by atoms with van der Waals surface area (Å²) in [5.74, 6) is 0. The average Bonchev–Trinajstić information content (AvgIpc) is 2.79. The van der Waals surface area contributed by atoms with Crippen molar-refractivity contribution < 1.29 is 9.47 Å². The third-order valence-electron chi connectivity index (χ3n) is 3.40. The topological polar surface area (TPSA) is 30.5 Å². The standard InChI is InChI=1S/C15H31NO2/c1-4-5-6-7-10-17-12-15-9-8-14(18-15)11-16-13(2)3/h13-16H,4-12H2,1-3H3. The number of nitrogens with one attached hydrogen (secondary N) is 1. The second kappa shape index (κ2) is 9.76. The van der Waals surface area contributed by atoms with E-state index in [0.717, 1.165) is 26.2 Å². The molecule has 0 amide bonds. The molecule has 0 aromatic carbocycles. The van der Waals surface area contributed by atoms with Gasteiger partial charge in [-0.05, 0) is 19.3 Å². The van der Waals surface area contributed by atoms with Gasteiger partial charge < -0.3 is 14.8 Å². The molecule has 1 N–H and O–H groups in total. The minimum absolute atomic E-state index is 0.329. The molecule has 0 saturated carbocycles. The fraction of sp³-hybridized carbons (Fsp3) is 1.00. The Morgan fingerprint density at radius 1 is 1.17 bits per heavy atom. The minimum Gasteiger partial charge on any atom is -0.379 e. The van der Waals surface area contributed by atoms with Crippen molar-refractivity contribution in [2.45, 2.75) is 77.5 Å². The molecule has 2 unspecified atom stereocenters. The first-order valence-corrected chi connectivity index (χ1v) is 7.69. The van der Waals surface area contributed by atoms with Crippen LogP contribution in [0, 0.1) is 0 Å². The summed E-state index contributed by atoms with van der Waals surface area (Å²) in [4.78, 5) is 0. The lowest BCUT2D eigenvalue weighted by Gasteiger charge is -2.16. The number of ether oxygens (including phenoxy) is 2. The summed E-state index contributed by atoms with van der Waals surface area (Å²) in [5.41, 5.74) is 0. The summed E-state index contributed by atoms with van der Waals surface area (Å²) in [6, 6.07) is 0.544. The SMILES string of the molecule is CCCCCCOCC1CCC(CNC(C)C)O1. The van der Waals surface area contributed by atoms with Gasteiger partial charge in [-0.15, -0.1) is 0 Å². The maximum absolute atomic E-state index is 5.95. The summed E-state index contributed by atoms with van der Waals surface area (Å²) < 4.78 is 11.6. The maximum atomic E-state index is 5.95. The number of unbranched alkanes of at least 4 members (excludes halogenated alkanes) is 3. The molecule has 1 saturated heterocycles. The third-order valence-corrected chi connectivity index (χ3v) is 3.40. The molecule has 1 aliphatic heterocycles. The zero-order chi connectivity index (χ0) is 13.2. The van der Waals surface area contributed by atoms with Gasteiger partial charge in [-0.1, -0.05) is 40.0 Å². The first-order chi connectivity index (χ1) is 8.72. The van der Waals surface area contributed by atoms with Crippen LogP contribution in [-0.4, -0.2) is 38.0 Å². The van der Waals surface area contributed by atoms with Crippen LogP contribution in [0.3, 0.4) is 0 Å². The molecule has 108 valence electrons. The second-order valence-corrected chi connectivity index (χ2v) is 5.66. The van der Waals surface area contributed by atoms with E-state index in [1.807, 2.05) is 0 Å². The van der Waals surface area contributed by atoms with Gasteiger partial charge in [0.15, 0.2) is 0 Å². The molecule has 1 aliphatic rings. The van der Waals surface area contributed by atoms with E-state index < -0.39 is 0 Å². The van der Waals surface area contributed by atoms with Crippen LogP contribution in [0.15, 0.2) is 0 Å². The molecular weight excluding hydrogens is 226 g/mol. The van der Waals surface area contributed by atoms with Crippen LogP contribution in [0.5, 0.6) is 0 Å². The van der Waals surface area contributed by atoms with Crippen molar-refractivity contribution in [3.05, 3.63) is 0 Å². The lowest BCUT2D eigenvalue weighted by Crippen LogP contribution is -2.32. The fourth-order valence-corrected chi connectivity index (χ4v) is 2.27. The summed E-state index contributed by atoms with van der Waals surface area (Å²) in [7, 11) is 0. The molecule has 1 heterocycles. The van der Waals surface area contributed by atoms with Crippen molar-refractivity contribution in [2.75, 3.05) is 19.8 Å². The number of hydrogen-bond donors (Lipinski definition) is 1. The molecule has 2 atom stereocenters. The molecule has 0 bridgehead atoms. The highest BCUT2D eigenvalue weighted by Gasteiger charge is 2.24. The normalized spacial score (nSPS) is 24.0. The highest BCUT2D eigenvalue weighted by molar-refractivity contribution is 4.75. The molecule has 0 spiro atoms. The smallest absolute Gasteiger partial charge is 0.0813 e. The molecule has 0 aromatic rings. The van der Waals surface area contributed by atoms with E-state index in [9.17, 15) is 0 Å². The quantitative estimate of drug-likeness (QED) is 0.610. The zero-order valence-electron chi connectivity index (χ0n) is 12.4. The van der Waals surface area contributed by atoms with Crippen LogP contribution in [0.25, 0.3) is 0 Å². The third kappa shape index (κ3) is 7.34. The molecule has 1 rings (SSSR count). The van der Waals surface area contributed by atoms with Gasteiger partial charge in [-0.25, -0.2) is 0 Å². The first kappa shape index (κ1) is 15.9. The molecule has 0 aliphatic carbocycles. The maximum Gasteiger partial charge on any atom is 0.0813 e. The largest absolute Gasteiger partial charge is 0.379 e. The Hall–Kier alpha value is -0.120. The zero-order valence-corrected chi connectivity index (χ0v) is 12.4. The van der Waals surface area contributed by atoms with Gasteiger partial charge >= 0.3 is 0 Å². The lowest BCUT2D eigenvalue weighted by atomic mass is 10.2. The summed E-state index contributed by atoms with van der Waals surface area (Å²) in [5, 5.41) is 3.43. The van der Waals surface area contributed by atoms with Crippen molar-refractivity contribution in [2.24, 2.45) is 0 Å². The van der Waals surface area contributed by atoms with E-state index in [1.54, 1.807) is 0 Å². The van der Waals surface area contributed by atoms with Crippen LogP contribution >= 0.6 is 0 Å². The van der Waals surface area contributed by atoms with Crippen molar-refractivity contribution in [1.82, 2.24) is 5.32 Å². The predicted octanol–water partition coefficient (Wildman–Crippen LogP) is 3.13. The molecule has 18 heavy (non-hydrogen) atoms. The molecular formula is C15H31NO2. The van der Waals surface area contributed by atoms with E-state index in [1.165, 1.54) is 32.1 Å². The highest BCUT2D eigenvalue weighted by Crippen LogP contribution is 2.19. The van der Waals surface area contributed by atoms with Crippen LogP contribution < -0.4 is 5.32 Å². The predicted molar refractivity (Wildman–Crippen MR) is 76.0 cm³/mol. The molecule has 3 nitrogen and oxygen atoms in total. The van der Waals surface area contributed by atoms with Gasteiger partial charge in [0, 0.05) is 19.2 Å². The molecule has 1 fully saturated rings. The van der Waals surface area contributed by atoms with Gasteiger partial charge in [0.05, 0.1) is 18.8 Å². The first-order valence-electron chi connectivity index (χ1n) is 7.69. The Morgan fingerprint density at radius 2 is 1.94 bits per heavy atom. The van der Waals surface area contributed by atoms with Gasteiger partial charge in [-0.2, -0.15) is 0 Å². The molecule has 0 aromatic heterocycles. The van der Waals surface area contributed by atoms with Crippen molar-refractivity contribution in [3.8, 4) is 0 Å². The van der Waals surface area contributed by atoms with E-state index in [-0.39, 0.29) is 0 Å². The van der Waals surface area contributed by atoms with Crippen LogP contribution in [0.1, 0.15) is 59.3 Å². The monoisotopic (exact) mass is 257 g/mol. The van der Waals surface area contributed by atoms with Gasteiger partial charge in [0.1, 0.15) is 0 Å². The van der Waals surface area contributed by atoms with Crippen molar-refractivity contribution in [1.29, 1.82) is 0 Å². The average molecular weight is 257 g/mol. The van der Waals surface area contributed by atoms with E-state index in [4.69, 9.17) is 9.47 Å². The number of hydrogen-bond acceptors (Lipinski definition) is 3. The Labute approximate surface area is 113 Å². The Kier molecular flexibility index (Phi) is 8.64. The van der Waals surface area contributed by atoms with Gasteiger partial charge in [-0.3, -0.25) is 0 Å². The van der Waals surface area contributed by atoms with Crippen LogP contribution in [0.2, 0.25) is 0 Å². The van der Waals surface area contributed by atoms with Gasteiger partial charge in [0.2, 0.25) is 0 Å². The molecule has 0 radical (unpaired) electrons. The van der Waals surface area contributed by atoms with Gasteiger partial charge in [0.25, 0.3) is 0 Å². The van der Waals surface area contributed by atoms with E-state index in [0.29, 0.717) is 18.2 Å². The summed E-state index contributed by atoms with van der Waals surface area (Å²) in [6.45, 7) is 9.24. The second-order valence-electron chi connectivity index (χ2n) is 5.66. The van der Waals surface area contributed by atoms with Crippen molar-refractivity contribution >= 4 is 0 Å². The summed E-state index contributed by atoms with van der Waals surface area (Å²) >= 11 is 0. The highest BCUT2D eigenvalue weighted by atomic mass is 16.5. The fourth-order valence-electron chi connectivity index (χ4n) is 2.27. The summed E-state index contributed by atoms with van der Waals surface area (Å²) in [6.07, 6.45) is 8.14. The Balaban J connectivity index is 1.94. The number of rotatable bonds is 10. The Bertz CT molecular complexity index is 197. The van der Waals surface area contributed by atoms with E-state index in [2.05, 4.69) is 26.1 Å². The van der Waals surface area contributed by atoms with Crippen LogP contribution in [0.4, 0.5) is 0 Å². The van der Waals surface area contributed by atoms with Crippen LogP contribution in [-0.2, 0) is 9.47 Å². The van der Waals surface area contributed by atoms with E-state index >= 15 is 0 Å². The van der Waals surface area contributed by atoms with Crippen molar-refractivity contribution in [3.63, 3.8) is 0 Å². The molecule has 3 heteroatoms. The minimum atomic E-state index is 0.329. The Morgan fingerprint density at radius 3 is 2.67 bits per heavy atom.